The molecule has 0 spiro atoms. The van der Waals surface area contributed by atoms with Crippen molar-refractivity contribution in [3.63, 3.8) is 0 Å². The molecule has 0 fully saturated rings. The minimum Gasteiger partial charge on any atom is -0.354 e. The van der Waals surface area contributed by atoms with Crippen molar-refractivity contribution in [2.75, 3.05) is 0 Å². The van der Waals surface area contributed by atoms with E-state index in [9.17, 15) is 9.18 Å². The summed E-state index contributed by atoms with van der Waals surface area (Å²) >= 11 is 0. The first kappa shape index (κ1) is 13.1. The Balaban J connectivity index is 1.98. The molecule has 2 N–H and O–H groups in total. The monoisotopic (exact) mass is 294 g/mol. The van der Waals surface area contributed by atoms with Crippen LogP contribution >= 0.6 is 0 Å². The lowest BCUT2D eigenvalue weighted by Crippen LogP contribution is -2.27. The van der Waals surface area contributed by atoms with Crippen molar-refractivity contribution in [2.45, 2.75) is 19.9 Å². The number of hydrogen-bond acceptors (Lipinski definition) is 1. The maximum absolute atomic E-state index is 13.7. The van der Waals surface area contributed by atoms with Crippen LogP contribution in [-0.4, -0.2) is 10.9 Å². The number of aromatic nitrogens is 1. The van der Waals surface area contributed by atoms with Gasteiger partial charge in [0.05, 0.1) is 11.3 Å². The molecule has 2 aromatic carbocycles. The fourth-order valence-electron chi connectivity index (χ4n) is 3.14. The Kier molecular flexibility index (Phi) is 2.79. The van der Waals surface area contributed by atoms with Crippen molar-refractivity contribution >= 4 is 16.8 Å². The minimum absolute atomic E-state index is 0.219. The molecule has 1 amide bonds. The molecule has 0 atom stereocenters. The number of aryl methyl sites for hydroxylation is 1. The Morgan fingerprint density at radius 2 is 1.95 bits per heavy atom. The van der Waals surface area contributed by atoms with Crippen LogP contribution in [0, 0.1) is 5.82 Å². The molecule has 2 heterocycles. The van der Waals surface area contributed by atoms with Gasteiger partial charge < -0.3 is 10.3 Å². The molecule has 4 heteroatoms. The lowest BCUT2D eigenvalue weighted by Gasteiger charge is -2.15. The van der Waals surface area contributed by atoms with Gasteiger partial charge in [-0.2, -0.15) is 0 Å². The van der Waals surface area contributed by atoms with Crippen molar-refractivity contribution in [3.8, 4) is 11.3 Å². The van der Waals surface area contributed by atoms with Gasteiger partial charge in [-0.3, -0.25) is 4.79 Å². The van der Waals surface area contributed by atoms with Gasteiger partial charge in [0.25, 0.3) is 5.91 Å². The van der Waals surface area contributed by atoms with E-state index in [1.54, 1.807) is 0 Å². The minimum atomic E-state index is -0.403. The molecule has 1 aliphatic rings. The lowest BCUT2D eigenvalue weighted by molar-refractivity contribution is 0.0949. The molecule has 0 saturated heterocycles. The second-order valence-corrected chi connectivity index (χ2v) is 5.59. The Hall–Kier alpha value is -2.62. The van der Waals surface area contributed by atoms with E-state index >= 15 is 0 Å². The van der Waals surface area contributed by atoms with Crippen LogP contribution in [0.5, 0.6) is 0 Å². The molecule has 3 nitrogen and oxygen atoms in total. The van der Waals surface area contributed by atoms with Crippen LogP contribution in [0.3, 0.4) is 0 Å². The maximum atomic E-state index is 13.7. The number of halogens is 1. The Labute approximate surface area is 127 Å². The van der Waals surface area contributed by atoms with Crippen molar-refractivity contribution in [2.24, 2.45) is 0 Å². The van der Waals surface area contributed by atoms with Crippen molar-refractivity contribution < 1.29 is 9.18 Å². The molecule has 0 saturated carbocycles. The summed E-state index contributed by atoms with van der Waals surface area (Å²) in [5.41, 5.74) is 5.37. The number of amides is 1. The molecule has 22 heavy (non-hydrogen) atoms. The highest BCUT2D eigenvalue weighted by molar-refractivity contribution is 6.11. The van der Waals surface area contributed by atoms with E-state index in [0.717, 1.165) is 28.6 Å². The summed E-state index contributed by atoms with van der Waals surface area (Å²) in [4.78, 5) is 15.2. The number of H-pyrrole nitrogens is 1. The smallest absolute Gasteiger partial charge is 0.252 e. The van der Waals surface area contributed by atoms with Crippen molar-refractivity contribution in [3.05, 3.63) is 58.9 Å². The third-order valence-corrected chi connectivity index (χ3v) is 4.29. The van der Waals surface area contributed by atoms with Gasteiger partial charge in [-0.1, -0.05) is 31.2 Å². The van der Waals surface area contributed by atoms with Crippen molar-refractivity contribution in [1.82, 2.24) is 10.3 Å². The van der Waals surface area contributed by atoms with Crippen LogP contribution < -0.4 is 5.32 Å². The van der Waals surface area contributed by atoms with E-state index in [1.807, 2.05) is 0 Å². The van der Waals surface area contributed by atoms with E-state index in [-0.39, 0.29) is 5.91 Å². The van der Waals surface area contributed by atoms with Crippen LogP contribution in [0.15, 0.2) is 36.4 Å². The van der Waals surface area contributed by atoms with Gasteiger partial charge >= 0.3 is 0 Å². The number of nitrogens with one attached hydrogen (secondary N) is 2. The average Bonchev–Trinajstić information content (AvgIpc) is 2.90. The van der Waals surface area contributed by atoms with Crippen LogP contribution in [-0.2, 0) is 13.0 Å². The molecule has 1 aliphatic heterocycles. The lowest BCUT2D eigenvalue weighted by atomic mass is 9.97. The zero-order valence-electron chi connectivity index (χ0n) is 12.2. The topological polar surface area (TPSA) is 44.9 Å². The number of carbonyl (C=O) groups is 1. The standard InChI is InChI=1S/C18H15FN2O/c1-2-10-3-5-11(6-4-10)17-14-9-20-18(22)13-7-12(19)8-15(21-17)16(13)14/h3-8,21H,2,9H2,1H3,(H,20,22). The summed E-state index contributed by atoms with van der Waals surface area (Å²) in [5.74, 6) is -0.621. The molecule has 0 unspecified atom stereocenters. The number of aromatic amines is 1. The van der Waals surface area contributed by atoms with Gasteiger partial charge in [0, 0.05) is 23.0 Å². The first-order valence-corrected chi connectivity index (χ1v) is 7.39. The number of rotatable bonds is 2. The van der Waals surface area contributed by atoms with Crippen LogP contribution in [0.25, 0.3) is 22.2 Å². The number of carbonyl (C=O) groups excluding carboxylic acids is 1. The van der Waals surface area contributed by atoms with E-state index in [4.69, 9.17) is 0 Å². The second kappa shape index (κ2) is 4.70. The van der Waals surface area contributed by atoms with Gasteiger partial charge in [0.1, 0.15) is 5.82 Å². The van der Waals surface area contributed by atoms with Crippen LogP contribution in [0.2, 0.25) is 0 Å². The molecule has 0 aliphatic carbocycles. The Morgan fingerprint density at radius 3 is 2.68 bits per heavy atom. The van der Waals surface area contributed by atoms with E-state index < -0.39 is 5.82 Å². The van der Waals surface area contributed by atoms with Crippen LogP contribution in [0.4, 0.5) is 4.39 Å². The molecule has 1 aromatic heterocycles. The first-order valence-electron chi connectivity index (χ1n) is 7.39. The molecular formula is C18H15FN2O. The predicted molar refractivity (Wildman–Crippen MR) is 84.2 cm³/mol. The molecule has 3 aromatic rings. The average molecular weight is 294 g/mol. The van der Waals surface area contributed by atoms with Gasteiger partial charge in [-0.05, 0) is 29.7 Å². The third kappa shape index (κ3) is 1.84. The maximum Gasteiger partial charge on any atom is 0.252 e. The molecule has 110 valence electrons. The number of benzene rings is 2. The van der Waals surface area contributed by atoms with Gasteiger partial charge in [0.2, 0.25) is 0 Å². The SMILES string of the molecule is CCc1ccc(-c2[nH]c3cc(F)cc4c3c2CNC4=O)cc1. The molecular weight excluding hydrogens is 279 g/mol. The van der Waals surface area contributed by atoms with Gasteiger partial charge in [-0.15, -0.1) is 0 Å². The normalized spacial score (nSPS) is 13.5. The fraction of sp³-hybridized carbons (Fsp3) is 0.167. The van der Waals surface area contributed by atoms with Gasteiger partial charge in [-0.25, -0.2) is 4.39 Å². The van der Waals surface area contributed by atoms with E-state index in [1.165, 1.54) is 17.7 Å². The zero-order valence-corrected chi connectivity index (χ0v) is 12.2. The van der Waals surface area contributed by atoms with E-state index in [2.05, 4.69) is 41.5 Å². The Bertz CT molecular complexity index is 894. The first-order chi connectivity index (χ1) is 10.7. The quantitative estimate of drug-likeness (QED) is 0.742. The van der Waals surface area contributed by atoms with Crippen LogP contribution in [0.1, 0.15) is 28.4 Å². The summed E-state index contributed by atoms with van der Waals surface area (Å²) in [7, 11) is 0. The third-order valence-electron chi connectivity index (χ3n) is 4.29. The second-order valence-electron chi connectivity index (χ2n) is 5.59. The highest BCUT2D eigenvalue weighted by Gasteiger charge is 2.24. The summed E-state index contributed by atoms with van der Waals surface area (Å²) in [5, 5.41) is 3.65. The highest BCUT2D eigenvalue weighted by Crippen LogP contribution is 2.35. The van der Waals surface area contributed by atoms with Crippen molar-refractivity contribution in [1.29, 1.82) is 0 Å². The Morgan fingerprint density at radius 1 is 1.18 bits per heavy atom. The summed E-state index contributed by atoms with van der Waals surface area (Å²) in [6.07, 6.45) is 0.991. The largest absolute Gasteiger partial charge is 0.354 e. The highest BCUT2D eigenvalue weighted by atomic mass is 19.1. The predicted octanol–water partition coefficient (Wildman–Crippen LogP) is 3.78. The molecule has 0 bridgehead atoms. The summed E-state index contributed by atoms with van der Waals surface area (Å²) in [6.45, 7) is 2.58. The number of hydrogen-bond donors (Lipinski definition) is 2. The summed E-state index contributed by atoms with van der Waals surface area (Å²) in [6, 6.07) is 11.1. The fourth-order valence-corrected chi connectivity index (χ4v) is 3.14. The summed E-state index contributed by atoms with van der Waals surface area (Å²) < 4.78 is 13.7. The molecule has 4 rings (SSSR count). The molecule has 0 radical (unpaired) electrons. The van der Waals surface area contributed by atoms with Gasteiger partial charge in [0.15, 0.2) is 0 Å². The zero-order chi connectivity index (χ0) is 15.3. The van der Waals surface area contributed by atoms with E-state index in [0.29, 0.717) is 17.6 Å².